The van der Waals surface area contributed by atoms with Crippen LogP contribution in [0.15, 0.2) is 35.5 Å². The normalized spacial score (nSPS) is 26.5. The van der Waals surface area contributed by atoms with Crippen LogP contribution in [0.25, 0.3) is 0 Å². The molecule has 1 saturated heterocycles. The number of nitrogens with one attached hydrogen (secondary N) is 1. The summed E-state index contributed by atoms with van der Waals surface area (Å²) in [6.45, 7) is 1.86. The molecule has 2 unspecified atom stereocenters. The maximum Gasteiger partial charge on any atom is 0.247 e. The molecule has 5 nitrogen and oxygen atoms in total. The first-order valence-electron chi connectivity index (χ1n) is 9.30. The van der Waals surface area contributed by atoms with Crippen molar-refractivity contribution in [3.8, 4) is 5.75 Å². The van der Waals surface area contributed by atoms with Gasteiger partial charge >= 0.3 is 0 Å². The highest BCUT2D eigenvalue weighted by Gasteiger charge is 2.42. The molecule has 6 heteroatoms. The molecule has 0 bridgehead atoms. The zero-order chi connectivity index (χ0) is 18.1. The maximum absolute atomic E-state index is 13.1. The highest BCUT2D eigenvalue weighted by atomic mass is 35.5. The van der Waals surface area contributed by atoms with Crippen molar-refractivity contribution < 1.29 is 9.53 Å². The minimum atomic E-state index is -0.0248. The molecule has 1 aromatic carbocycles. The van der Waals surface area contributed by atoms with Gasteiger partial charge in [-0.15, -0.1) is 0 Å². The average Bonchev–Trinajstić information content (AvgIpc) is 2.69. The summed E-state index contributed by atoms with van der Waals surface area (Å²) in [5.41, 5.74) is 1.95. The Morgan fingerprint density at radius 3 is 2.62 bits per heavy atom. The molecule has 0 spiro atoms. The number of nitrogens with zero attached hydrogens (tertiary/aromatic N) is 2. The predicted molar refractivity (Wildman–Crippen MR) is 103 cm³/mol. The van der Waals surface area contributed by atoms with Gasteiger partial charge in [0.25, 0.3) is 0 Å². The number of allylic oxidation sites excluding steroid dienone is 2. The van der Waals surface area contributed by atoms with E-state index < -0.39 is 0 Å². The van der Waals surface area contributed by atoms with Crippen molar-refractivity contribution >= 4 is 23.2 Å². The fourth-order valence-corrected chi connectivity index (χ4v) is 4.47. The van der Waals surface area contributed by atoms with Crippen molar-refractivity contribution in [3.63, 3.8) is 0 Å². The van der Waals surface area contributed by atoms with E-state index in [0.717, 1.165) is 50.0 Å². The van der Waals surface area contributed by atoms with Gasteiger partial charge in [0, 0.05) is 5.92 Å². The third-order valence-electron chi connectivity index (χ3n) is 5.64. The Balaban J connectivity index is 1.74. The second-order valence-electron chi connectivity index (χ2n) is 7.15. The number of ether oxygens (including phenoxy) is 1. The number of hydrogen-bond acceptors (Lipinski definition) is 4. The molecule has 2 heterocycles. The Bertz CT molecular complexity index is 755. The lowest BCUT2D eigenvalue weighted by Gasteiger charge is -2.41. The largest absolute Gasteiger partial charge is 0.495 e. The molecule has 2 aliphatic heterocycles. The van der Waals surface area contributed by atoms with E-state index in [1.165, 1.54) is 0 Å². The number of amides is 1. The minimum Gasteiger partial charge on any atom is -0.495 e. The Labute approximate surface area is 159 Å². The standard InChI is InChI=1S/C20H24ClN3O2/c1-26-18-7-6-13(12-17(18)21)19-15-4-2-3-5-16(15)20(25)24(23-19)14-8-10-22-11-9-14/h2-3,6-7,12,14-16,22H,4-5,8-11H2,1H3. The highest BCUT2D eigenvalue weighted by Crippen LogP contribution is 2.37. The van der Waals surface area contributed by atoms with Crippen LogP contribution in [0.4, 0.5) is 0 Å². The van der Waals surface area contributed by atoms with Crippen LogP contribution in [0.1, 0.15) is 31.2 Å². The summed E-state index contributed by atoms with van der Waals surface area (Å²) in [4.78, 5) is 13.1. The summed E-state index contributed by atoms with van der Waals surface area (Å²) in [7, 11) is 1.61. The van der Waals surface area contributed by atoms with Gasteiger partial charge in [-0.3, -0.25) is 4.79 Å². The van der Waals surface area contributed by atoms with Crippen LogP contribution in [0.5, 0.6) is 5.75 Å². The van der Waals surface area contributed by atoms with Crippen LogP contribution < -0.4 is 10.1 Å². The molecule has 1 aliphatic carbocycles. The SMILES string of the molecule is COc1ccc(C2=NN(C3CCNCC3)C(=O)C3CC=CCC23)cc1Cl. The van der Waals surface area contributed by atoms with Crippen LogP contribution in [0.2, 0.25) is 5.02 Å². The van der Waals surface area contributed by atoms with Crippen molar-refractivity contribution in [2.24, 2.45) is 16.9 Å². The van der Waals surface area contributed by atoms with Gasteiger partial charge in [-0.1, -0.05) is 23.8 Å². The molecule has 3 aliphatic rings. The van der Waals surface area contributed by atoms with Gasteiger partial charge in [-0.25, -0.2) is 5.01 Å². The number of fused-ring (bicyclic) bond motifs is 1. The zero-order valence-electron chi connectivity index (χ0n) is 15.0. The van der Waals surface area contributed by atoms with E-state index in [4.69, 9.17) is 21.4 Å². The molecular weight excluding hydrogens is 350 g/mol. The number of carbonyl (C=O) groups excluding carboxylic acids is 1. The quantitative estimate of drug-likeness (QED) is 0.827. The van der Waals surface area contributed by atoms with E-state index in [0.29, 0.717) is 10.8 Å². The number of halogens is 1. The molecule has 1 aromatic rings. The number of hydrazone groups is 1. The lowest BCUT2D eigenvalue weighted by Crippen LogP contribution is -2.51. The second kappa shape index (κ2) is 7.41. The summed E-state index contributed by atoms with van der Waals surface area (Å²) in [6, 6.07) is 5.96. The Morgan fingerprint density at radius 1 is 1.19 bits per heavy atom. The maximum atomic E-state index is 13.1. The van der Waals surface area contributed by atoms with Crippen molar-refractivity contribution in [3.05, 3.63) is 40.9 Å². The number of piperidine rings is 1. The van der Waals surface area contributed by atoms with Crippen molar-refractivity contribution in [1.29, 1.82) is 0 Å². The molecule has 26 heavy (non-hydrogen) atoms. The molecular formula is C20H24ClN3O2. The van der Waals surface area contributed by atoms with E-state index >= 15 is 0 Å². The van der Waals surface area contributed by atoms with Gasteiger partial charge in [0.1, 0.15) is 5.75 Å². The lowest BCUT2D eigenvalue weighted by molar-refractivity contribution is -0.141. The molecule has 1 amide bonds. The molecule has 0 saturated carbocycles. The van der Waals surface area contributed by atoms with Gasteiger partial charge in [0.2, 0.25) is 5.91 Å². The van der Waals surface area contributed by atoms with E-state index in [1.807, 2.05) is 18.2 Å². The van der Waals surface area contributed by atoms with Crippen LogP contribution in [-0.4, -0.2) is 42.9 Å². The first-order chi connectivity index (χ1) is 12.7. The lowest BCUT2D eigenvalue weighted by atomic mass is 9.76. The summed E-state index contributed by atoms with van der Waals surface area (Å²) in [6.07, 6.45) is 7.81. The monoisotopic (exact) mass is 373 g/mol. The molecule has 138 valence electrons. The Kier molecular flexibility index (Phi) is 5.00. The number of methoxy groups -OCH3 is 1. The first-order valence-corrected chi connectivity index (χ1v) is 9.68. The number of hydrogen-bond donors (Lipinski definition) is 1. The average molecular weight is 374 g/mol. The zero-order valence-corrected chi connectivity index (χ0v) is 15.7. The van der Waals surface area contributed by atoms with Gasteiger partial charge in [0.05, 0.1) is 29.8 Å². The first kappa shape index (κ1) is 17.6. The summed E-state index contributed by atoms with van der Waals surface area (Å²) in [5, 5.41) is 10.6. The van der Waals surface area contributed by atoms with Crippen molar-refractivity contribution in [1.82, 2.24) is 10.3 Å². The molecule has 0 radical (unpaired) electrons. The second-order valence-corrected chi connectivity index (χ2v) is 7.56. The highest BCUT2D eigenvalue weighted by molar-refractivity contribution is 6.32. The molecule has 0 aromatic heterocycles. The Morgan fingerprint density at radius 2 is 1.92 bits per heavy atom. The van der Waals surface area contributed by atoms with Gasteiger partial charge in [0.15, 0.2) is 0 Å². The van der Waals surface area contributed by atoms with Crippen molar-refractivity contribution in [2.75, 3.05) is 20.2 Å². The van der Waals surface area contributed by atoms with Crippen LogP contribution in [0.3, 0.4) is 0 Å². The van der Waals surface area contributed by atoms with Gasteiger partial charge < -0.3 is 10.1 Å². The smallest absolute Gasteiger partial charge is 0.247 e. The number of carbonyl (C=O) groups is 1. The van der Waals surface area contributed by atoms with Crippen molar-refractivity contribution in [2.45, 2.75) is 31.7 Å². The van der Waals surface area contributed by atoms with Crippen LogP contribution in [-0.2, 0) is 4.79 Å². The molecule has 4 rings (SSSR count). The summed E-state index contributed by atoms with van der Waals surface area (Å²) >= 11 is 6.35. The topological polar surface area (TPSA) is 53.9 Å². The predicted octanol–water partition coefficient (Wildman–Crippen LogP) is 3.23. The Hall–Kier alpha value is -1.85. The van der Waals surface area contributed by atoms with E-state index in [1.54, 1.807) is 12.1 Å². The molecule has 2 atom stereocenters. The van der Waals surface area contributed by atoms with E-state index in [-0.39, 0.29) is 23.8 Å². The molecule has 1 N–H and O–H groups in total. The third-order valence-corrected chi connectivity index (χ3v) is 5.94. The number of benzene rings is 1. The fraction of sp³-hybridized carbons (Fsp3) is 0.500. The van der Waals surface area contributed by atoms with E-state index in [2.05, 4.69) is 17.5 Å². The fourth-order valence-electron chi connectivity index (χ4n) is 4.21. The van der Waals surface area contributed by atoms with E-state index in [9.17, 15) is 4.79 Å². The third kappa shape index (κ3) is 3.14. The summed E-state index contributed by atoms with van der Waals surface area (Å²) in [5.74, 6) is 0.922. The van der Waals surface area contributed by atoms with Gasteiger partial charge in [-0.2, -0.15) is 5.10 Å². The number of rotatable bonds is 3. The van der Waals surface area contributed by atoms with Crippen LogP contribution >= 0.6 is 11.6 Å². The van der Waals surface area contributed by atoms with Crippen LogP contribution in [0, 0.1) is 11.8 Å². The molecule has 1 fully saturated rings. The summed E-state index contributed by atoms with van der Waals surface area (Å²) < 4.78 is 5.27. The minimum absolute atomic E-state index is 0.0248. The van der Waals surface area contributed by atoms with Gasteiger partial charge in [-0.05, 0) is 62.5 Å².